The number of carbonyl (C=O) groups excluding carboxylic acids is 2. The minimum Gasteiger partial charge on any atom is -0.484 e. The maximum absolute atomic E-state index is 10.5. The van der Waals surface area contributed by atoms with Crippen LogP contribution in [0, 0.1) is 0 Å². The fourth-order valence-electron chi connectivity index (χ4n) is 1.39. The third-order valence-electron chi connectivity index (χ3n) is 2.26. The summed E-state index contributed by atoms with van der Waals surface area (Å²) in [6.45, 7) is 0.161. The Morgan fingerprint density at radius 2 is 2.00 bits per heavy atom. The van der Waals surface area contributed by atoms with Crippen molar-refractivity contribution in [3.63, 3.8) is 0 Å². The molecule has 0 spiro atoms. The van der Waals surface area contributed by atoms with Gasteiger partial charge >= 0.3 is 0 Å². The first-order valence-corrected chi connectivity index (χ1v) is 5.52. The van der Waals surface area contributed by atoms with Crippen molar-refractivity contribution in [3.8, 4) is 5.75 Å². The number of rotatable bonds is 5. The van der Waals surface area contributed by atoms with Crippen molar-refractivity contribution in [1.82, 2.24) is 0 Å². The summed E-state index contributed by atoms with van der Waals surface area (Å²) in [7, 11) is 0. The molecule has 1 aromatic carbocycles. The molecule has 92 valence electrons. The molecule has 5 heteroatoms. The van der Waals surface area contributed by atoms with Crippen molar-refractivity contribution in [1.29, 1.82) is 0 Å². The van der Waals surface area contributed by atoms with Gasteiger partial charge in [-0.2, -0.15) is 0 Å². The number of hydrogen-bond donors (Lipinski definition) is 0. The van der Waals surface area contributed by atoms with Crippen LogP contribution in [0.25, 0.3) is 0 Å². The van der Waals surface area contributed by atoms with Crippen LogP contribution in [0.15, 0.2) is 34.7 Å². The van der Waals surface area contributed by atoms with Crippen LogP contribution in [0.3, 0.4) is 0 Å². The van der Waals surface area contributed by atoms with Gasteiger partial charge in [-0.15, -0.1) is 0 Å². The molecule has 0 fully saturated rings. The predicted molar refractivity (Wildman–Crippen MR) is 65.3 cm³/mol. The number of aldehydes is 2. The molecule has 0 aliphatic carbocycles. The van der Waals surface area contributed by atoms with Gasteiger partial charge in [0.25, 0.3) is 0 Å². The van der Waals surface area contributed by atoms with E-state index in [0.29, 0.717) is 34.7 Å². The van der Waals surface area contributed by atoms with E-state index in [1.54, 1.807) is 24.3 Å². The molecule has 0 radical (unpaired) electrons. The van der Waals surface area contributed by atoms with Crippen molar-refractivity contribution in [3.05, 3.63) is 52.4 Å². The molecule has 1 heterocycles. The average molecular weight is 265 g/mol. The molecule has 4 nitrogen and oxygen atoms in total. The van der Waals surface area contributed by atoms with E-state index in [4.69, 9.17) is 20.8 Å². The van der Waals surface area contributed by atoms with E-state index in [0.717, 1.165) is 0 Å². The first-order chi connectivity index (χ1) is 8.72. The van der Waals surface area contributed by atoms with Gasteiger partial charge in [0.15, 0.2) is 12.0 Å². The van der Waals surface area contributed by atoms with E-state index in [9.17, 15) is 9.59 Å². The second-order valence-electron chi connectivity index (χ2n) is 3.52. The Morgan fingerprint density at radius 3 is 2.61 bits per heavy atom. The fourth-order valence-corrected chi connectivity index (χ4v) is 1.64. The Balaban J connectivity index is 2.05. The molecule has 0 unspecified atom stereocenters. The second kappa shape index (κ2) is 5.51. The smallest absolute Gasteiger partial charge is 0.185 e. The van der Waals surface area contributed by atoms with Crippen LogP contribution < -0.4 is 4.74 Å². The van der Waals surface area contributed by atoms with Gasteiger partial charge in [0.1, 0.15) is 24.4 Å². The van der Waals surface area contributed by atoms with E-state index in [1.807, 2.05) is 0 Å². The van der Waals surface area contributed by atoms with Crippen molar-refractivity contribution in [2.75, 3.05) is 0 Å². The highest BCUT2D eigenvalue weighted by atomic mass is 35.5. The quantitative estimate of drug-likeness (QED) is 0.779. The summed E-state index contributed by atoms with van der Waals surface area (Å²) in [6.07, 6.45) is 1.33. The molecule has 2 rings (SSSR count). The first-order valence-electron chi connectivity index (χ1n) is 5.14. The van der Waals surface area contributed by atoms with E-state index in [1.165, 1.54) is 6.07 Å². The van der Waals surface area contributed by atoms with Crippen LogP contribution in [-0.2, 0) is 6.61 Å². The van der Waals surface area contributed by atoms with Gasteiger partial charge in [-0.05, 0) is 30.3 Å². The summed E-state index contributed by atoms with van der Waals surface area (Å²) in [4.78, 5) is 21.0. The molecule has 2 aromatic rings. The zero-order chi connectivity index (χ0) is 13.0. The zero-order valence-corrected chi connectivity index (χ0v) is 10.0. The SMILES string of the molecule is O=Cc1ccc(OCc2ccc(C=O)o2)c(Cl)c1. The Morgan fingerprint density at radius 1 is 1.17 bits per heavy atom. The highest BCUT2D eigenvalue weighted by Crippen LogP contribution is 2.25. The van der Waals surface area contributed by atoms with Gasteiger partial charge in [0.05, 0.1) is 5.02 Å². The first kappa shape index (κ1) is 12.4. The topological polar surface area (TPSA) is 56.5 Å². The van der Waals surface area contributed by atoms with E-state index in [2.05, 4.69) is 0 Å². The molecular weight excluding hydrogens is 256 g/mol. The molecule has 0 amide bonds. The van der Waals surface area contributed by atoms with Crippen LogP contribution in [-0.4, -0.2) is 12.6 Å². The van der Waals surface area contributed by atoms with Crippen molar-refractivity contribution >= 4 is 24.2 Å². The lowest BCUT2D eigenvalue weighted by molar-refractivity contribution is 0.109. The van der Waals surface area contributed by atoms with Crippen molar-refractivity contribution in [2.45, 2.75) is 6.61 Å². The normalized spacial score (nSPS) is 10.1. The Kier molecular flexibility index (Phi) is 3.79. The standard InChI is InChI=1S/C13H9ClO4/c14-12-5-9(6-15)1-4-13(12)17-8-11-3-2-10(7-16)18-11/h1-7H,8H2. The van der Waals surface area contributed by atoms with E-state index < -0.39 is 0 Å². The van der Waals surface area contributed by atoms with E-state index >= 15 is 0 Å². The van der Waals surface area contributed by atoms with Crippen molar-refractivity contribution in [2.24, 2.45) is 0 Å². The van der Waals surface area contributed by atoms with Gasteiger partial charge in [0.2, 0.25) is 0 Å². The van der Waals surface area contributed by atoms with Crippen LogP contribution in [0.1, 0.15) is 26.7 Å². The molecule has 0 aliphatic heterocycles. The van der Waals surface area contributed by atoms with Crippen LogP contribution in [0.5, 0.6) is 5.75 Å². The Bertz CT molecular complexity index is 574. The minimum absolute atomic E-state index is 0.161. The van der Waals surface area contributed by atoms with Crippen LogP contribution >= 0.6 is 11.6 Å². The summed E-state index contributed by atoms with van der Waals surface area (Å²) in [6, 6.07) is 7.94. The number of hydrogen-bond acceptors (Lipinski definition) is 4. The Hall–Kier alpha value is -2.07. The Labute approximate surface area is 108 Å². The lowest BCUT2D eigenvalue weighted by Crippen LogP contribution is -1.95. The molecule has 0 aliphatic rings. The maximum atomic E-state index is 10.5. The van der Waals surface area contributed by atoms with Gasteiger partial charge < -0.3 is 9.15 Å². The monoisotopic (exact) mass is 264 g/mol. The largest absolute Gasteiger partial charge is 0.484 e. The average Bonchev–Trinajstić information content (AvgIpc) is 2.85. The molecule has 0 saturated carbocycles. The highest BCUT2D eigenvalue weighted by molar-refractivity contribution is 6.32. The number of ether oxygens (including phenoxy) is 1. The summed E-state index contributed by atoms with van der Waals surface area (Å²) in [5, 5.41) is 0.349. The number of benzene rings is 1. The molecule has 18 heavy (non-hydrogen) atoms. The zero-order valence-electron chi connectivity index (χ0n) is 9.26. The maximum Gasteiger partial charge on any atom is 0.185 e. The van der Waals surface area contributed by atoms with Gasteiger partial charge in [-0.1, -0.05) is 11.6 Å². The predicted octanol–water partition coefficient (Wildman–Crippen LogP) is 3.14. The summed E-state index contributed by atoms with van der Waals surface area (Å²) in [5.74, 6) is 1.22. The third kappa shape index (κ3) is 2.78. The molecular formula is C13H9ClO4. The molecule has 0 saturated heterocycles. The molecule has 1 aromatic heterocycles. The highest BCUT2D eigenvalue weighted by Gasteiger charge is 2.05. The molecule has 0 N–H and O–H groups in total. The van der Waals surface area contributed by atoms with E-state index in [-0.39, 0.29) is 12.4 Å². The molecule has 0 atom stereocenters. The fraction of sp³-hybridized carbons (Fsp3) is 0.0769. The minimum atomic E-state index is 0.161. The van der Waals surface area contributed by atoms with Crippen LogP contribution in [0.2, 0.25) is 5.02 Å². The molecule has 0 bridgehead atoms. The summed E-state index contributed by atoms with van der Waals surface area (Å²) < 4.78 is 10.6. The van der Waals surface area contributed by atoms with Crippen LogP contribution in [0.4, 0.5) is 0 Å². The number of furan rings is 1. The third-order valence-corrected chi connectivity index (χ3v) is 2.56. The lowest BCUT2D eigenvalue weighted by Gasteiger charge is -2.06. The van der Waals surface area contributed by atoms with Gasteiger partial charge in [0, 0.05) is 5.56 Å². The number of carbonyl (C=O) groups is 2. The van der Waals surface area contributed by atoms with Gasteiger partial charge in [-0.3, -0.25) is 9.59 Å². The number of halogens is 1. The van der Waals surface area contributed by atoms with Gasteiger partial charge in [-0.25, -0.2) is 0 Å². The lowest BCUT2D eigenvalue weighted by atomic mass is 10.2. The second-order valence-corrected chi connectivity index (χ2v) is 3.93. The van der Waals surface area contributed by atoms with Crippen molar-refractivity contribution < 1.29 is 18.7 Å². The summed E-state index contributed by atoms with van der Waals surface area (Å²) >= 11 is 5.94. The summed E-state index contributed by atoms with van der Waals surface area (Å²) in [5.41, 5.74) is 0.480.